The van der Waals surface area contributed by atoms with Crippen molar-refractivity contribution in [2.75, 3.05) is 12.0 Å². The maximum absolute atomic E-state index is 5.42. The summed E-state index contributed by atoms with van der Waals surface area (Å²) in [5.41, 5.74) is 11.4. The second-order valence-corrected chi connectivity index (χ2v) is 10.6. The fraction of sp³-hybridized carbons (Fsp3) is 0.188. The molecule has 176 valence electrons. The molecule has 0 radical (unpaired) electrons. The van der Waals surface area contributed by atoms with Crippen LogP contribution in [0.2, 0.25) is 0 Å². The SMILES string of the molecule is COc1ccc(N(c2ccc(-c3ccc(Br)cc3)cc2)c2ccc3c(c2)C(C)(C)C(C)=C3C)cc1. The Morgan fingerprint density at radius 2 is 1.20 bits per heavy atom. The van der Waals surface area contributed by atoms with Crippen LogP contribution in [0.3, 0.4) is 0 Å². The van der Waals surface area contributed by atoms with Gasteiger partial charge in [0.2, 0.25) is 0 Å². The van der Waals surface area contributed by atoms with Gasteiger partial charge in [-0.1, -0.05) is 65.7 Å². The van der Waals surface area contributed by atoms with Gasteiger partial charge in [0.25, 0.3) is 0 Å². The first-order chi connectivity index (χ1) is 16.8. The van der Waals surface area contributed by atoms with Gasteiger partial charge in [-0.25, -0.2) is 0 Å². The van der Waals surface area contributed by atoms with Crippen molar-refractivity contribution in [1.82, 2.24) is 0 Å². The highest BCUT2D eigenvalue weighted by molar-refractivity contribution is 9.10. The third-order valence-electron chi connectivity index (χ3n) is 7.47. The minimum Gasteiger partial charge on any atom is -0.497 e. The Balaban J connectivity index is 1.60. The van der Waals surface area contributed by atoms with E-state index in [2.05, 4.69) is 127 Å². The molecular weight excluding hydrogens is 494 g/mol. The van der Waals surface area contributed by atoms with E-state index in [9.17, 15) is 0 Å². The standard InChI is InChI=1S/C32H30BrNO/c1-21-22(2)32(3,4)31-20-28(16-19-30(21)31)34(27-14-17-29(35-5)18-15-27)26-12-8-24(9-13-26)23-6-10-25(33)11-7-23/h6-20H,1-5H3. The van der Waals surface area contributed by atoms with Crippen molar-refractivity contribution in [3.05, 3.63) is 112 Å². The lowest BCUT2D eigenvalue weighted by Gasteiger charge is -2.28. The lowest BCUT2D eigenvalue weighted by Crippen LogP contribution is -2.17. The smallest absolute Gasteiger partial charge is 0.119 e. The van der Waals surface area contributed by atoms with Crippen molar-refractivity contribution in [2.24, 2.45) is 0 Å². The predicted octanol–water partition coefficient (Wildman–Crippen LogP) is 9.68. The fourth-order valence-electron chi connectivity index (χ4n) is 5.01. The average Bonchev–Trinajstić information content (AvgIpc) is 3.05. The van der Waals surface area contributed by atoms with Crippen LogP contribution < -0.4 is 9.64 Å². The molecule has 5 rings (SSSR count). The first-order valence-corrected chi connectivity index (χ1v) is 12.7. The number of methoxy groups -OCH3 is 1. The number of ether oxygens (including phenoxy) is 1. The predicted molar refractivity (Wildman–Crippen MR) is 152 cm³/mol. The number of halogens is 1. The van der Waals surface area contributed by atoms with Crippen molar-refractivity contribution in [2.45, 2.75) is 33.1 Å². The number of allylic oxidation sites excluding steroid dienone is 2. The number of hydrogen-bond donors (Lipinski definition) is 0. The Hall–Kier alpha value is -3.30. The zero-order chi connectivity index (χ0) is 24.7. The molecule has 0 saturated carbocycles. The first kappa shape index (κ1) is 23.4. The number of anilines is 3. The van der Waals surface area contributed by atoms with Crippen LogP contribution in [0.4, 0.5) is 17.1 Å². The largest absolute Gasteiger partial charge is 0.497 e. The van der Waals surface area contributed by atoms with Gasteiger partial charge in [-0.05, 0) is 102 Å². The molecule has 2 nitrogen and oxygen atoms in total. The zero-order valence-corrected chi connectivity index (χ0v) is 22.5. The molecule has 1 aliphatic carbocycles. The van der Waals surface area contributed by atoms with Crippen molar-refractivity contribution < 1.29 is 4.74 Å². The summed E-state index contributed by atoms with van der Waals surface area (Å²) in [7, 11) is 1.70. The van der Waals surface area contributed by atoms with Gasteiger partial charge < -0.3 is 9.64 Å². The summed E-state index contributed by atoms with van der Waals surface area (Å²) in [4.78, 5) is 2.32. The highest BCUT2D eigenvalue weighted by atomic mass is 79.9. The normalized spacial score (nSPS) is 14.1. The molecule has 0 unspecified atom stereocenters. The molecule has 0 amide bonds. The Morgan fingerprint density at radius 3 is 1.77 bits per heavy atom. The third-order valence-corrected chi connectivity index (χ3v) is 8.00. The fourth-order valence-corrected chi connectivity index (χ4v) is 5.28. The lowest BCUT2D eigenvalue weighted by atomic mass is 9.82. The van der Waals surface area contributed by atoms with Crippen LogP contribution in [0, 0.1) is 0 Å². The van der Waals surface area contributed by atoms with Gasteiger partial charge in [0.05, 0.1) is 7.11 Å². The minimum absolute atomic E-state index is 0.0203. The van der Waals surface area contributed by atoms with Gasteiger partial charge in [-0.3, -0.25) is 0 Å². The summed E-state index contributed by atoms with van der Waals surface area (Å²) in [5, 5.41) is 0. The minimum atomic E-state index is 0.0203. The van der Waals surface area contributed by atoms with E-state index in [1.54, 1.807) is 7.11 Å². The Morgan fingerprint density at radius 1 is 0.686 bits per heavy atom. The molecular formula is C32H30BrNO. The zero-order valence-electron chi connectivity index (χ0n) is 20.9. The number of rotatable bonds is 5. The maximum Gasteiger partial charge on any atom is 0.119 e. The van der Waals surface area contributed by atoms with E-state index in [-0.39, 0.29) is 5.41 Å². The molecule has 0 bridgehead atoms. The summed E-state index contributed by atoms with van der Waals surface area (Å²) in [5.74, 6) is 0.852. The molecule has 0 aliphatic heterocycles. The van der Waals surface area contributed by atoms with E-state index in [1.807, 2.05) is 12.1 Å². The summed E-state index contributed by atoms with van der Waals surface area (Å²) in [6, 6.07) is 32.4. The van der Waals surface area contributed by atoms with Crippen molar-refractivity contribution in [3.63, 3.8) is 0 Å². The molecule has 0 fully saturated rings. The maximum atomic E-state index is 5.42. The Kier molecular flexibility index (Phi) is 6.06. The van der Waals surface area contributed by atoms with Gasteiger partial charge in [0, 0.05) is 26.9 Å². The van der Waals surface area contributed by atoms with Crippen LogP contribution in [0.15, 0.2) is 101 Å². The van der Waals surface area contributed by atoms with Crippen LogP contribution in [0.25, 0.3) is 16.7 Å². The molecule has 0 aromatic heterocycles. The van der Waals surface area contributed by atoms with Gasteiger partial charge in [-0.15, -0.1) is 0 Å². The molecule has 0 atom stereocenters. The van der Waals surface area contributed by atoms with E-state index in [0.29, 0.717) is 0 Å². The van der Waals surface area contributed by atoms with E-state index in [4.69, 9.17) is 4.74 Å². The number of benzene rings is 4. The van der Waals surface area contributed by atoms with Gasteiger partial charge in [-0.2, -0.15) is 0 Å². The molecule has 35 heavy (non-hydrogen) atoms. The second-order valence-electron chi connectivity index (χ2n) is 9.69. The molecule has 4 aromatic rings. The monoisotopic (exact) mass is 523 g/mol. The van der Waals surface area contributed by atoms with Gasteiger partial charge >= 0.3 is 0 Å². The van der Waals surface area contributed by atoms with Crippen LogP contribution in [-0.4, -0.2) is 7.11 Å². The molecule has 0 saturated heterocycles. The van der Waals surface area contributed by atoms with Crippen molar-refractivity contribution in [3.8, 4) is 16.9 Å². The highest BCUT2D eigenvalue weighted by Gasteiger charge is 2.34. The Labute approximate surface area is 217 Å². The van der Waals surface area contributed by atoms with Crippen LogP contribution in [-0.2, 0) is 5.41 Å². The van der Waals surface area contributed by atoms with Crippen LogP contribution >= 0.6 is 15.9 Å². The molecule has 3 heteroatoms. The van der Waals surface area contributed by atoms with E-state index >= 15 is 0 Å². The van der Waals surface area contributed by atoms with Crippen molar-refractivity contribution >= 4 is 38.6 Å². The number of nitrogens with zero attached hydrogens (tertiary/aromatic N) is 1. The molecule has 0 N–H and O–H groups in total. The van der Waals surface area contributed by atoms with E-state index in [0.717, 1.165) is 27.3 Å². The number of hydrogen-bond acceptors (Lipinski definition) is 2. The van der Waals surface area contributed by atoms with Gasteiger partial charge in [0.15, 0.2) is 0 Å². The summed E-state index contributed by atoms with van der Waals surface area (Å²) in [6.45, 7) is 9.15. The summed E-state index contributed by atoms with van der Waals surface area (Å²) < 4.78 is 6.50. The average molecular weight is 525 g/mol. The second kappa shape index (κ2) is 9.05. The van der Waals surface area contributed by atoms with Crippen molar-refractivity contribution in [1.29, 1.82) is 0 Å². The van der Waals surface area contributed by atoms with Crippen LogP contribution in [0.1, 0.15) is 38.8 Å². The van der Waals surface area contributed by atoms with Gasteiger partial charge in [0.1, 0.15) is 5.75 Å². The van der Waals surface area contributed by atoms with E-state index in [1.165, 1.54) is 33.4 Å². The molecule has 0 spiro atoms. The summed E-state index contributed by atoms with van der Waals surface area (Å²) in [6.07, 6.45) is 0. The Bertz CT molecular complexity index is 1400. The molecule has 0 heterocycles. The lowest BCUT2D eigenvalue weighted by molar-refractivity contribution is 0.415. The van der Waals surface area contributed by atoms with E-state index < -0.39 is 0 Å². The topological polar surface area (TPSA) is 12.5 Å². The molecule has 1 aliphatic rings. The summed E-state index contributed by atoms with van der Waals surface area (Å²) >= 11 is 3.53. The van der Waals surface area contributed by atoms with Crippen LogP contribution in [0.5, 0.6) is 5.75 Å². The number of fused-ring (bicyclic) bond motifs is 1. The third kappa shape index (κ3) is 4.19. The molecule has 4 aromatic carbocycles. The highest BCUT2D eigenvalue weighted by Crippen LogP contribution is 2.48. The first-order valence-electron chi connectivity index (χ1n) is 11.9. The quantitative estimate of drug-likeness (QED) is 0.258.